The van der Waals surface area contributed by atoms with E-state index >= 15 is 0 Å². The normalized spacial score (nSPS) is 12.4. The molecule has 2 rings (SSSR count). The summed E-state index contributed by atoms with van der Waals surface area (Å²) in [6, 6.07) is 4.92. The second kappa shape index (κ2) is 5.93. The van der Waals surface area contributed by atoms with Crippen molar-refractivity contribution in [1.29, 1.82) is 0 Å². The maximum atomic E-state index is 13.8. The van der Waals surface area contributed by atoms with Crippen molar-refractivity contribution in [2.24, 2.45) is 0 Å². The van der Waals surface area contributed by atoms with E-state index in [-0.39, 0.29) is 11.9 Å². The van der Waals surface area contributed by atoms with Crippen LogP contribution in [0, 0.1) is 5.82 Å². The van der Waals surface area contributed by atoms with E-state index in [1.807, 2.05) is 12.3 Å². The van der Waals surface area contributed by atoms with E-state index in [2.05, 4.69) is 10.3 Å². The molecule has 1 aromatic carbocycles. The van der Waals surface area contributed by atoms with Gasteiger partial charge in [0, 0.05) is 23.1 Å². The van der Waals surface area contributed by atoms with Crippen LogP contribution in [0.25, 0.3) is 0 Å². The molecule has 1 aromatic heterocycles. The number of ether oxygens (including phenoxy) is 1. The average molecular weight is 266 g/mol. The number of nitrogens with zero attached hydrogens (tertiary/aromatic N) is 1. The summed E-state index contributed by atoms with van der Waals surface area (Å²) in [5, 5.41) is 4.92. The second-order valence-electron chi connectivity index (χ2n) is 3.96. The van der Waals surface area contributed by atoms with Gasteiger partial charge in [-0.3, -0.25) is 0 Å². The Morgan fingerprint density at radius 3 is 2.94 bits per heavy atom. The van der Waals surface area contributed by atoms with Crippen LogP contribution in [0.15, 0.2) is 29.1 Å². The summed E-state index contributed by atoms with van der Waals surface area (Å²) in [5.41, 5.74) is 3.24. The summed E-state index contributed by atoms with van der Waals surface area (Å²) >= 11 is 1.51. The number of aromatic nitrogens is 1. The first kappa shape index (κ1) is 13.0. The Morgan fingerprint density at radius 1 is 1.50 bits per heavy atom. The van der Waals surface area contributed by atoms with Gasteiger partial charge in [-0.15, -0.1) is 11.3 Å². The molecule has 5 heteroatoms. The summed E-state index contributed by atoms with van der Waals surface area (Å²) < 4.78 is 19.3. The molecule has 96 valence electrons. The van der Waals surface area contributed by atoms with Gasteiger partial charge in [-0.25, -0.2) is 9.37 Å². The van der Waals surface area contributed by atoms with Crippen LogP contribution in [0.4, 0.5) is 4.39 Å². The van der Waals surface area contributed by atoms with Crippen LogP contribution in [0.1, 0.15) is 24.2 Å². The minimum atomic E-state index is -0.257. The number of rotatable bonds is 5. The van der Waals surface area contributed by atoms with E-state index in [0.717, 1.165) is 5.69 Å². The lowest BCUT2D eigenvalue weighted by molar-refractivity contribution is 0.300. The second-order valence-corrected chi connectivity index (χ2v) is 4.68. The molecule has 3 nitrogen and oxygen atoms in total. The maximum Gasteiger partial charge on any atom is 0.131 e. The maximum absolute atomic E-state index is 13.8. The predicted molar refractivity (Wildman–Crippen MR) is 70.3 cm³/mol. The van der Waals surface area contributed by atoms with E-state index in [0.29, 0.717) is 17.9 Å². The van der Waals surface area contributed by atoms with E-state index in [1.54, 1.807) is 24.7 Å². The standard InChI is InChI=1S/C13H15FN2OS/c1-9(15-2)12-4-3-11(5-13(12)14)17-6-10-7-18-8-16-10/h3-5,7-9,15H,6H2,1-2H3. The van der Waals surface area contributed by atoms with E-state index in [4.69, 9.17) is 4.74 Å². The molecule has 0 saturated heterocycles. The van der Waals surface area contributed by atoms with Crippen molar-refractivity contribution < 1.29 is 9.13 Å². The van der Waals surface area contributed by atoms with Gasteiger partial charge in [0.15, 0.2) is 0 Å². The fourth-order valence-electron chi connectivity index (χ4n) is 1.57. The zero-order valence-electron chi connectivity index (χ0n) is 10.3. The Labute approximate surface area is 110 Å². The number of halogens is 1. The monoisotopic (exact) mass is 266 g/mol. The Bertz CT molecular complexity index is 502. The minimum Gasteiger partial charge on any atom is -0.487 e. The molecular weight excluding hydrogens is 251 g/mol. The quantitative estimate of drug-likeness (QED) is 0.902. The lowest BCUT2D eigenvalue weighted by Gasteiger charge is -2.13. The number of benzene rings is 1. The Balaban J connectivity index is 2.04. The smallest absolute Gasteiger partial charge is 0.131 e. The third-order valence-electron chi connectivity index (χ3n) is 2.74. The molecule has 0 fully saturated rings. The molecule has 0 radical (unpaired) electrons. The summed E-state index contributed by atoms with van der Waals surface area (Å²) in [4.78, 5) is 4.10. The fourth-order valence-corrected chi connectivity index (χ4v) is 2.11. The lowest BCUT2D eigenvalue weighted by Crippen LogP contribution is -2.13. The van der Waals surface area contributed by atoms with Crippen molar-refractivity contribution in [3.05, 3.63) is 46.2 Å². The average Bonchev–Trinajstić information content (AvgIpc) is 2.88. The van der Waals surface area contributed by atoms with Crippen LogP contribution in [-0.2, 0) is 6.61 Å². The highest BCUT2D eigenvalue weighted by molar-refractivity contribution is 7.07. The summed E-state index contributed by atoms with van der Waals surface area (Å²) in [6.45, 7) is 2.28. The highest BCUT2D eigenvalue weighted by Crippen LogP contribution is 2.22. The Morgan fingerprint density at radius 2 is 2.33 bits per heavy atom. The van der Waals surface area contributed by atoms with Crippen molar-refractivity contribution in [1.82, 2.24) is 10.3 Å². The number of nitrogens with one attached hydrogen (secondary N) is 1. The molecular formula is C13H15FN2OS. The first-order valence-electron chi connectivity index (χ1n) is 5.67. The molecule has 0 aliphatic rings. The highest BCUT2D eigenvalue weighted by atomic mass is 32.1. The van der Waals surface area contributed by atoms with Gasteiger partial charge in [-0.1, -0.05) is 6.07 Å². The molecule has 0 bridgehead atoms. The molecule has 18 heavy (non-hydrogen) atoms. The molecule has 0 saturated carbocycles. The van der Waals surface area contributed by atoms with Gasteiger partial charge in [-0.2, -0.15) is 0 Å². The predicted octanol–water partition coefficient (Wildman–Crippen LogP) is 3.14. The third kappa shape index (κ3) is 3.05. The summed E-state index contributed by atoms with van der Waals surface area (Å²) in [5.74, 6) is 0.264. The molecule has 1 N–H and O–H groups in total. The minimum absolute atomic E-state index is 0.0161. The molecule has 1 heterocycles. The zero-order chi connectivity index (χ0) is 13.0. The topological polar surface area (TPSA) is 34.1 Å². The van der Waals surface area contributed by atoms with E-state index in [1.165, 1.54) is 17.4 Å². The lowest BCUT2D eigenvalue weighted by atomic mass is 10.1. The largest absolute Gasteiger partial charge is 0.487 e. The third-order valence-corrected chi connectivity index (χ3v) is 3.38. The molecule has 0 spiro atoms. The van der Waals surface area contributed by atoms with Gasteiger partial charge in [0.05, 0.1) is 11.2 Å². The van der Waals surface area contributed by atoms with Crippen LogP contribution < -0.4 is 10.1 Å². The Kier molecular flexibility index (Phi) is 4.28. The van der Waals surface area contributed by atoms with Crippen molar-refractivity contribution in [2.75, 3.05) is 7.05 Å². The number of thiazole rings is 1. The van der Waals surface area contributed by atoms with Crippen LogP contribution in [-0.4, -0.2) is 12.0 Å². The Hall–Kier alpha value is -1.46. The molecule has 1 unspecified atom stereocenters. The molecule has 0 aliphatic carbocycles. The van der Waals surface area contributed by atoms with Gasteiger partial charge in [-0.05, 0) is 20.0 Å². The van der Waals surface area contributed by atoms with Gasteiger partial charge >= 0.3 is 0 Å². The van der Waals surface area contributed by atoms with Crippen LogP contribution in [0.2, 0.25) is 0 Å². The zero-order valence-corrected chi connectivity index (χ0v) is 11.1. The number of hydrogen-bond acceptors (Lipinski definition) is 4. The van der Waals surface area contributed by atoms with Crippen LogP contribution >= 0.6 is 11.3 Å². The summed E-state index contributed by atoms with van der Waals surface area (Å²) in [6.07, 6.45) is 0. The van der Waals surface area contributed by atoms with Gasteiger partial charge in [0.25, 0.3) is 0 Å². The fraction of sp³-hybridized carbons (Fsp3) is 0.308. The molecule has 2 aromatic rings. The van der Waals surface area contributed by atoms with Crippen LogP contribution in [0.5, 0.6) is 5.75 Å². The highest BCUT2D eigenvalue weighted by Gasteiger charge is 2.10. The van der Waals surface area contributed by atoms with Crippen molar-refractivity contribution >= 4 is 11.3 Å². The summed E-state index contributed by atoms with van der Waals surface area (Å²) in [7, 11) is 1.80. The SMILES string of the molecule is CNC(C)c1ccc(OCc2cscn2)cc1F. The molecule has 0 aliphatic heterocycles. The van der Waals surface area contributed by atoms with Crippen molar-refractivity contribution in [2.45, 2.75) is 19.6 Å². The van der Waals surface area contributed by atoms with Gasteiger partial charge in [0.2, 0.25) is 0 Å². The van der Waals surface area contributed by atoms with Crippen molar-refractivity contribution in [3.8, 4) is 5.75 Å². The number of hydrogen-bond donors (Lipinski definition) is 1. The molecule has 1 atom stereocenters. The van der Waals surface area contributed by atoms with Crippen molar-refractivity contribution in [3.63, 3.8) is 0 Å². The first-order valence-corrected chi connectivity index (χ1v) is 6.61. The van der Waals surface area contributed by atoms with Crippen LogP contribution in [0.3, 0.4) is 0 Å². The van der Waals surface area contributed by atoms with E-state index in [9.17, 15) is 4.39 Å². The molecule has 0 amide bonds. The van der Waals surface area contributed by atoms with E-state index < -0.39 is 0 Å². The van der Waals surface area contributed by atoms with Gasteiger partial charge in [0.1, 0.15) is 18.2 Å². The first-order chi connectivity index (χ1) is 8.70. The van der Waals surface area contributed by atoms with Gasteiger partial charge < -0.3 is 10.1 Å².